The highest BCUT2D eigenvalue weighted by Gasteiger charge is 2.51. The van der Waals surface area contributed by atoms with Crippen LogP contribution in [0.5, 0.6) is 0 Å². The Morgan fingerprint density at radius 2 is 2.05 bits per heavy atom. The van der Waals surface area contributed by atoms with Crippen LogP contribution in [0.2, 0.25) is 0 Å². The van der Waals surface area contributed by atoms with Crippen molar-refractivity contribution in [2.75, 3.05) is 33.2 Å². The van der Waals surface area contributed by atoms with E-state index in [0.717, 1.165) is 16.0 Å². The monoisotopic (exact) mass is 569 g/mol. The maximum atomic E-state index is 15.8. The lowest BCUT2D eigenvalue weighted by Gasteiger charge is -2.55. The highest BCUT2D eigenvalue weighted by molar-refractivity contribution is 7.98. The molecule has 1 unspecified atom stereocenters. The van der Waals surface area contributed by atoms with Gasteiger partial charge < -0.3 is 29.0 Å². The molecule has 2 saturated heterocycles. The molecule has 40 heavy (non-hydrogen) atoms. The molecule has 4 heterocycles. The average molecular weight is 570 g/mol. The SMILES string of the molecule is CCOC(=O)OCOC1=C2C(=O)N3CCOC[C@H]3N([C@@H]3c4ccccc4SCc4cccc(F)c43)N2C=CC1O. The number of nitrogens with zero attached hydrogens (tertiary/aromatic N) is 3. The van der Waals surface area contributed by atoms with Crippen LogP contribution in [0, 0.1) is 5.82 Å². The highest BCUT2D eigenvalue weighted by Crippen LogP contribution is 2.47. The van der Waals surface area contributed by atoms with Crippen LogP contribution in [-0.4, -0.2) is 77.5 Å². The molecule has 0 aliphatic carbocycles. The lowest BCUT2D eigenvalue weighted by Crippen LogP contribution is -2.68. The molecule has 4 aliphatic heterocycles. The number of carbonyl (C=O) groups excluding carboxylic acids is 2. The van der Waals surface area contributed by atoms with E-state index in [1.807, 2.05) is 35.3 Å². The second-order valence-corrected chi connectivity index (χ2v) is 10.4. The van der Waals surface area contributed by atoms with Gasteiger partial charge in [-0.25, -0.2) is 9.18 Å². The number of rotatable bonds is 5. The molecular formula is C28H28FN3O7S. The predicted octanol–water partition coefficient (Wildman–Crippen LogP) is 3.49. The summed E-state index contributed by atoms with van der Waals surface area (Å²) in [4.78, 5) is 28.3. The summed E-state index contributed by atoms with van der Waals surface area (Å²) in [5, 5.41) is 14.4. The number of fused-ring (bicyclic) bond motifs is 4. The Morgan fingerprint density at radius 3 is 2.90 bits per heavy atom. The molecule has 0 spiro atoms. The standard InChI is InChI=1S/C28H28FN3O7S/c1-2-37-28(35)39-16-38-26-20(33)10-11-31-25(26)27(34)30-12-13-36-14-22(30)32(31)24-18-7-3-4-9-21(18)40-15-17-6-5-8-19(29)23(17)24/h3-11,20,22,24,33H,2,12-16H2,1H3/t20?,22-,24-/m1/s1. The van der Waals surface area contributed by atoms with Crippen LogP contribution in [0.1, 0.15) is 29.7 Å². The third-order valence-corrected chi connectivity index (χ3v) is 8.33. The molecule has 0 bridgehead atoms. The number of hydrogen-bond donors (Lipinski definition) is 1. The molecule has 1 amide bonds. The van der Waals surface area contributed by atoms with Crippen molar-refractivity contribution < 1.29 is 38.0 Å². The van der Waals surface area contributed by atoms with E-state index in [1.54, 1.807) is 40.9 Å². The van der Waals surface area contributed by atoms with Crippen LogP contribution >= 0.6 is 11.8 Å². The molecule has 10 nitrogen and oxygen atoms in total. The quantitative estimate of drug-likeness (QED) is 0.426. The van der Waals surface area contributed by atoms with E-state index in [4.69, 9.17) is 18.9 Å². The number of benzene rings is 2. The Balaban J connectivity index is 1.49. The van der Waals surface area contributed by atoms with Gasteiger partial charge in [0.25, 0.3) is 5.91 Å². The molecule has 2 aromatic carbocycles. The zero-order chi connectivity index (χ0) is 27.8. The molecule has 4 aliphatic rings. The number of thioether (sulfide) groups is 1. The molecule has 0 aromatic heterocycles. The van der Waals surface area contributed by atoms with Crippen molar-refractivity contribution in [1.29, 1.82) is 0 Å². The van der Waals surface area contributed by atoms with E-state index >= 15 is 4.39 Å². The second-order valence-electron chi connectivity index (χ2n) is 9.41. The van der Waals surface area contributed by atoms with E-state index in [1.165, 1.54) is 12.1 Å². The summed E-state index contributed by atoms with van der Waals surface area (Å²) in [6, 6.07) is 12.3. The van der Waals surface area contributed by atoms with Crippen molar-refractivity contribution in [2.24, 2.45) is 0 Å². The lowest BCUT2D eigenvalue weighted by atomic mass is 9.92. The molecule has 3 atom stereocenters. The first-order valence-electron chi connectivity index (χ1n) is 13.0. The second kappa shape index (κ2) is 11.1. The highest BCUT2D eigenvalue weighted by atomic mass is 32.2. The summed E-state index contributed by atoms with van der Waals surface area (Å²) in [5.74, 6) is -0.249. The average Bonchev–Trinajstić information content (AvgIpc) is 3.13. The minimum absolute atomic E-state index is 0.0490. The number of amides is 1. The first-order valence-corrected chi connectivity index (χ1v) is 14.0. The van der Waals surface area contributed by atoms with E-state index in [2.05, 4.69) is 0 Å². The summed E-state index contributed by atoms with van der Waals surface area (Å²) in [6.07, 6.45) is 0.263. The van der Waals surface area contributed by atoms with Gasteiger partial charge >= 0.3 is 6.16 Å². The van der Waals surface area contributed by atoms with Gasteiger partial charge in [0, 0.05) is 29.0 Å². The summed E-state index contributed by atoms with van der Waals surface area (Å²) in [6.45, 7) is 2.00. The minimum atomic E-state index is -1.28. The third kappa shape index (κ3) is 4.60. The van der Waals surface area contributed by atoms with Gasteiger partial charge in [-0.1, -0.05) is 30.3 Å². The number of halogens is 1. The Hall–Kier alpha value is -3.58. The Kier molecular flexibility index (Phi) is 7.41. The van der Waals surface area contributed by atoms with Crippen molar-refractivity contribution >= 4 is 23.8 Å². The Morgan fingerprint density at radius 1 is 1.20 bits per heavy atom. The maximum Gasteiger partial charge on any atom is 0.511 e. The van der Waals surface area contributed by atoms with Crippen molar-refractivity contribution in [3.63, 3.8) is 0 Å². The molecule has 0 radical (unpaired) electrons. The van der Waals surface area contributed by atoms with Crippen molar-refractivity contribution in [3.8, 4) is 0 Å². The van der Waals surface area contributed by atoms with Gasteiger partial charge in [-0.2, -0.15) is 5.01 Å². The molecule has 2 fully saturated rings. The van der Waals surface area contributed by atoms with Gasteiger partial charge in [-0.05, 0) is 36.3 Å². The first-order chi connectivity index (χ1) is 19.5. The van der Waals surface area contributed by atoms with Crippen LogP contribution in [0.4, 0.5) is 9.18 Å². The molecule has 2 aromatic rings. The van der Waals surface area contributed by atoms with Crippen molar-refractivity contribution in [1.82, 2.24) is 14.9 Å². The first kappa shape index (κ1) is 26.6. The summed E-state index contributed by atoms with van der Waals surface area (Å²) >= 11 is 1.63. The molecule has 0 saturated carbocycles. The molecule has 210 valence electrons. The van der Waals surface area contributed by atoms with Crippen LogP contribution < -0.4 is 0 Å². The number of carbonyl (C=O) groups is 2. The smallest absolute Gasteiger partial charge is 0.456 e. The summed E-state index contributed by atoms with van der Waals surface area (Å²) in [7, 11) is 0. The van der Waals surface area contributed by atoms with Gasteiger partial charge in [0.1, 0.15) is 18.1 Å². The summed E-state index contributed by atoms with van der Waals surface area (Å²) < 4.78 is 37.0. The number of hydrazine groups is 1. The Bertz CT molecular complexity index is 1390. The number of hydrogen-bond acceptors (Lipinski definition) is 10. The fourth-order valence-corrected chi connectivity index (χ4v) is 6.57. The van der Waals surface area contributed by atoms with Crippen LogP contribution in [-0.2, 0) is 29.5 Å². The van der Waals surface area contributed by atoms with Gasteiger partial charge in [0.2, 0.25) is 6.79 Å². The van der Waals surface area contributed by atoms with E-state index in [0.29, 0.717) is 17.9 Å². The number of aliphatic hydroxyl groups excluding tert-OH is 1. The fraction of sp³-hybridized carbons (Fsp3) is 0.357. The van der Waals surface area contributed by atoms with Gasteiger partial charge in [0.05, 0.1) is 25.9 Å². The van der Waals surface area contributed by atoms with Crippen LogP contribution in [0.25, 0.3) is 0 Å². The molecule has 12 heteroatoms. The van der Waals surface area contributed by atoms with Gasteiger partial charge in [0.15, 0.2) is 11.5 Å². The Labute approximate surface area is 234 Å². The molecule has 6 rings (SSSR count). The topological polar surface area (TPSA) is 101 Å². The minimum Gasteiger partial charge on any atom is -0.456 e. The van der Waals surface area contributed by atoms with E-state index in [9.17, 15) is 14.7 Å². The van der Waals surface area contributed by atoms with Gasteiger partial charge in [-0.15, -0.1) is 11.8 Å². The lowest BCUT2D eigenvalue weighted by molar-refractivity contribution is -0.191. The summed E-state index contributed by atoms with van der Waals surface area (Å²) in [5.41, 5.74) is 2.28. The number of morpholine rings is 1. The fourth-order valence-electron chi connectivity index (χ4n) is 5.49. The largest absolute Gasteiger partial charge is 0.511 e. The van der Waals surface area contributed by atoms with Crippen molar-refractivity contribution in [2.45, 2.75) is 35.9 Å². The van der Waals surface area contributed by atoms with E-state index < -0.39 is 31.3 Å². The zero-order valence-electron chi connectivity index (χ0n) is 21.7. The maximum absolute atomic E-state index is 15.8. The molecule has 1 N–H and O–H groups in total. The van der Waals surface area contributed by atoms with Crippen LogP contribution in [0.3, 0.4) is 0 Å². The predicted molar refractivity (Wildman–Crippen MR) is 140 cm³/mol. The number of ether oxygens (including phenoxy) is 4. The van der Waals surface area contributed by atoms with E-state index in [-0.39, 0.29) is 42.9 Å². The van der Waals surface area contributed by atoms with Crippen molar-refractivity contribution in [3.05, 3.63) is 88.7 Å². The third-order valence-electron chi connectivity index (χ3n) is 7.19. The number of aliphatic hydroxyl groups is 1. The van der Waals surface area contributed by atoms with Crippen LogP contribution in [0.15, 0.2) is 71.1 Å². The normalized spacial score (nSPS) is 24.0. The van der Waals surface area contributed by atoms with Gasteiger partial charge in [-0.3, -0.25) is 9.80 Å². The molecular weight excluding hydrogens is 541 g/mol. The zero-order valence-corrected chi connectivity index (χ0v) is 22.5.